The Morgan fingerprint density at radius 3 is 2.46 bits per heavy atom. The van der Waals surface area contributed by atoms with Crippen LogP contribution in [0.4, 0.5) is 16.2 Å². The van der Waals surface area contributed by atoms with Crippen LogP contribution in [0, 0.1) is 0 Å². The zero-order chi connectivity index (χ0) is 18.6. The van der Waals surface area contributed by atoms with Crippen molar-refractivity contribution in [3.05, 3.63) is 47.5 Å². The van der Waals surface area contributed by atoms with E-state index in [2.05, 4.69) is 0 Å². The molecule has 136 valence electrons. The summed E-state index contributed by atoms with van der Waals surface area (Å²) in [6.07, 6.45) is -2.56. The fraction of sp³-hybridized carbons (Fsp3) is 0.278. The van der Waals surface area contributed by atoms with Crippen molar-refractivity contribution in [2.75, 3.05) is 24.2 Å². The molecule has 1 amide bonds. The van der Waals surface area contributed by atoms with Gasteiger partial charge in [-0.3, -0.25) is 5.21 Å². The number of rotatable bonds is 2. The molecule has 0 saturated carbocycles. The summed E-state index contributed by atoms with van der Waals surface area (Å²) in [4.78, 5) is 12.6. The standard InChI is InChI=1S/C18H18N2O6/c1-25-14-7-10-9-18(20(24)13(10)8-15(14)26-2)11-5-3-4-6-12(11)19(16(18)21)17(22)23/h3-8,16,21,24H,9H2,1-2H3,(H,22,23). The Labute approximate surface area is 149 Å². The van der Waals surface area contributed by atoms with E-state index in [0.29, 0.717) is 34.0 Å². The number of hydrogen-bond donors (Lipinski definition) is 3. The number of benzene rings is 2. The fourth-order valence-electron chi connectivity index (χ4n) is 3.98. The third-order valence-electron chi connectivity index (χ3n) is 5.16. The molecule has 26 heavy (non-hydrogen) atoms. The molecule has 0 aliphatic carbocycles. The number of carboxylic acid groups (broad SMARTS) is 1. The van der Waals surface area contributed by atoms with Crippen molar-refractivity contribution in [3.63, 3.8) is 0 Å². The van der Waals surface area contributed by atoms with Crippen LogP contribution in [0.25, 0.3) is 0 Å². The highest BCUT2D eigenvalue weighted by Crippen LogP contribution is 2.55. The van der Waals surface area contributed by atoms with Crippen molar-refractivity contribution in [3.8, 4) is 11.5 Å². The highest BCUT2D eigenvalue weighted by molar-refractivity contribution is 5.92. The van der Waals surface area contributed by atoms with Crippen LogP contribution in [0.3, 0.4) is 0 Å². The van der Waals surface area contributed by atoms with Crippen LogP contribution in [0.2, 0.25) is 0 Å². The second-order valence-electron chi connectivity index (χ2n) is 6.29. The maximum Gasteiger partial charge on any atom is 0.414 e. The minimum atomic E-state index is -1.48. The number of hydrogen-bond acceptors (Lipinski definition) is 6. The van der Waals surface area contributed by atoms with Gasteiger partial charge in [0.2, 0.25) is 0 Å². The second-order valence-corrected chi connectivity index (χ2v) is 6.29. The number of fused-ring (bicyclic) bond motifs is 3. The van der Waals surface area contributed by atoms with Gasteiger partial charge in [-0.2, -0.15) is 0 Å². The molecule has 8 heteroatoms. The summed E-state index contributed by atoms with van der Waals surface area (Å²) in [5.41, 5.74) is 0.689. The third kappa shape index (κ3) is 1.88. The SMILES string of the molecule is COc1cc2c(cc1OC)N(O)C1(C2)c2ccccc2N(C(=O)O)C1O. The van der Waals surface area contributed by atoms with Gasteiger partial charge in [-0.05, 0) is 17.7 Å². The highest BCUT2D eigenvalue weighted by atomic mass is 16.5. The van der Waals surface area contributed by atoms with Crippen molar-refractivity contribution < 1.29 is 29.7 Å². The van der Waals surface area contributed by atoms with Crippen LogP contribution < -0.4 is 19.4 Å². The Kier molecular flexibility index (Phi) is 3.50. The van der Waals surface area contributed by atoms with Crippen molar-refractivity contribution in [2.24, 2.45) is 0 Å². The van der Waals surface area contributed by atoms with E-state index >= 15 is 0 Å². The van der Waals surface area contributed by atoms with E-state index in [0.717, 1.165) is 9.96 Å². The lowest BCUT2D eigenvalue weighted by Gasteiger charge is -2.36. The minimum absolute atomic E-state index is 0.209. The molecule has 0 saturated heterocycles. The Morgan fingerprint density at radius 2 is 1.81 bits per heavy atom. The van der Waals surface area contributed by atoms with Gasteiger partial charge in [0.05, 0.1) is 25.6 Å². The van der Waals surface area contributed by atoms with Crippen LogP contribution in [0.5, 0.6) is 11.5 Å². The Balaban J connectivity index is 1.91. The minimum Gasteiger partial charge on any atom is -0.493 e. The molecule has 0 fully saturated rings. The lowest BCUT2D eigenvalue weighted by molar-refractivity contribution is 0.0364. The normalized spacial score (nSPS) is 23.2. The number of hydroxylamine groups is 1. The lowest BCUT2D eigenvalue weighted by atomic mass is 9.87. The molecule has 4 rings (SSSR count). The molecule has 2 aliphatic heterocycles. The summed E-state index contributed by atoms with van der Waals surface area (Å²) in [5, 5.41) is 32.4. The van der Waals surface area contributed by atoms with Gasteiger partial charge in [-0.15, -0.1) is 0 Å². The van der Waals surface area contributed by atoms with Gasteiger partial charge in [-0.1, -0.05) is 18.2 Å². The number of ether oxygens (including phenoxy) is 2. The molecule has 2 aromatic carbocycles. The largest absolute Gasteiger partial charge is 0.493 e. The van der Waals surface area contributed by atoms with Crippen LogP contribution >= 0.6 is 0 Å². The molecule has 2 atom stereocenters. The average molecular weight is 358 g/mol. The first-order valence-corrected chi connectivity index (χ1v) is 7.99. The topological polar surface area (TPSA) is 103 Å². The lowest BCUT2D eigenvalue weighted by Crippen LogP contribution is -2.54. The summed E-state index contributed by atoms with van der Waals surface area (Å²) < 4.78 is 10.6. The molecule has 2 heterocycles. The molecule has 8 nitrogen and oxygen atoms in total. The van der Waals surface area contributed by atoms with Crippen molar-refractivity contribution in [2.45, 2.75) is 18.2 Å². The number of carbonyl (C=O) groups is 1. The molecule has 0 radical (unpaired) electrons. The maximum absolute atomic E-state index is 11.7. The van der Waals surface area contributed by atoms with Gasteiger partial charge in [0, 0.05) is 18.1 Å². The number of aliphatic hydroxyl groups is 1. The zero-order valence-corrected chi connectivity index (χ0v) is 14.2. The number of methoxy groups -OCH3 is 2. The summed E-state index contributed by atoms with van der Waals surface area (Å²) in [5.74, 6) is 0.922. The number of anilines is 2. The Hall–Kier alpha value is -2.97. The number of amides is 1. The van der Waals surface area contributed by atoms with E-state index in [1.54, 1.807) is 36.4 Å². The van der Waals surface area contributed by atoms with Crippen molar-refractivity contribution in [1.29, 1.82) is 0 Å². The Bertz CT molecular complexity index is 901. The third-order valence-corrected chi connectivity index (χ3v) is 5.16. The molecular weight excluding hydrogens is 340 g/mol. The molecule has 2 aromatic rings. The van der Waals surface area contributed by atoms with Crippen LogP contribution in [-0.2, 0) is 12.0 Å². The molecule has 2 unspecified atom stereocenters. The van der Waals surface area contributed by atoms with Gasteiger partial charge in [-0.25, -0.2) is 14.8 Å². The number of aliphatic hydroxyl groups excluding tert-OH is 1. The summed E-state index contributed by atoms with van der Waals surface area (Å²) in [6.45, 7) is 0. The van der Waals surface area contributed by atoms with Crippen LogP contribution in [-0.4, -0.2) is 42.0 Å². The van der Waals surface area contributed by atoms with Crippen LogP contribution in [0.15, 0.2) is 36.4 Å². The summed E-state index contributed by atoms with van der Waals surface area (Å²) >= 11 is 0. The molecule has 3 N–H and O–H groups in total. The van der Waals surface area contributed by atoms with E-state index in [9.17, 15) is 20.2 Å². The van der Waals surface area contributed by atoms with Crippen LogP contribution in [0.1, 0.15) is 11.1 Å². The summed E-state index contributed by atoms with van der Waals surface area (Å²) in [7, 11) is 3.00. The van der Waals surface area contributed by atoms with Crippen molar-refractivity contribution >= 4 is 17.5 Å². The van der Waals surface area contributed by atoms with Gasteiger partial charge in [0.15, 0.2) is 17.7 Å². The first-order chi connectivity index (χ1) is 12.5. The predicted molar refractivity (Wildman–Crippen MR) is 92.1 cm³/mol. The first kappa shape index (κ1) is 16.5. The number of nitrogens with zero attached hydrogens (tertiary/aromatic N) is 2. The van der Waals surface area contributed by atoms with Gasteiger partial charge in [0.25, 0.3) is 0 Å². The highest BCUT2D eigenvalue weighted by Gasteiger charge is 2.60. The van der Waals surface area contributed by atoms with E-state index in [4.69, 9.17) is 9.47 Å². The second kappa shape index (κ2) is 5.52. The van der Waals surface area contributed by atoms with Gasteiger partial charge in [0.1, 0.15) is 5.54 Å². The van der Waals surface area contributed by atoms with Gasteiger partial charge >= 0.3 is 6.09 Å². The fourth-order valence-corrected chi connectivity index (χ4v) is 3.98. The predicted octanol–water partition coefficient (Wildman–Crippen LogP) is 2.17. The van der Waals surface area contributed by atoms with E-state index in [1.807, 2.05) is 0 Å². The average Bonchev–Trinajstić information content (AvgIpc) is 3.07. The van der Waals surface area contributed by atoms with Crippen molar-refractivity contribution in [1.82, 2.24) is 0 Å². The van der Waals surface area contributed by atoms with E-state index in [1.165, 1.54) is 14.2 Å². The summed E-state index contributed by atoms with van der Waals surface area (Å²) in [6, 6.07) is 10.1. The number of para-hydroxylation sites is 1. The smallest absolute Gasteiger partial charge is 0.414 e. The van der Waals surface area contributed by atoms with E-state index < -0.39 is 17.9 Å². The molecule has 1 spiro atoms. The quantitative estimate of drug-likeness (QED) is 0.756. The molecule has 0 bridgehead atoms. The van der Waals surface area contributed by atoms with Gasteiger partial charge < -0.3 is 19.7 Å². The van der Waals surface area contributed by atoms with E-state index in [-0.39, 0.29) is 6.42 Å². The molecule has 2 aliphatic rings. The zero-order valence-electron chi connectivity index (χ0n) is 14.2. The molecular formula is C18H18N2O6. The molecule has 0 aromatic heterocycles. The first-order valence-electron chi connectivity index (χ1n) is 7.99. The Morgan fingerprint density at radius 1 is 1.15 bits per heavy atom. The monoisotopic (exact) mass is 358 g/mol. The maximum atomic E-state index is 11.7.